The molecule has 1 amide bonds. The second-order valence-corrected chi connectivity index (χ2v) is 3.91. The molecule has 1 aromatic rings. The molecule has 0 atom stereocenters. The Hall–Kier alpha value is -1.83. The van der Waals surface area contributed by atoms with Crippen molar-refractivity contribution in [3.05, 3.63) is 23.8 Å². The predicted octanol–water partition coefficient (Wildman–Crippen LogP) is 0.882. The van der Waals surface area contributed by atoms with Gasteiger partial charge in [0.1, 0.15) is 5.75 Å². The van der Waals surface area contributed by atoms with Gasteiger partial charge in [-0.2, -0.15) is 8.42 Å². The van der Waals surface area contributed by atoms with Gasteiger partial charge in [-0.05, 0) is 12.1 Å². The van der Waals surface area contributed by atoms with Crippen molar-refractivity contribution in [1.29, 1.82) is 0 Å². The lowest BCUT2D eigenvalue weighted by atomic mass is 10.1. The Balaban J connectivity index is 2.41. The number of hydrogen-bond donors (Lipinski definition) is 1. The number of carbonyl (C=O) groups excluding carboxylic acids is 1. The maximum absolute atomic E-state index is 12.3. The van der Waals surface area contributed by atoms with Gasteiger partial charge in [-0.1, -0.05) is 9.95 Å². The van der Waals surface area contributed by atoms with Crippen LogP contribution in [0, 0.1) is 0 Å². The molecule has 6 nitrogen and oxygen atoms in total. The van der Waals surface area contributed by atoms with Crippen molar-refractivity contribution < 1.29 is 26.0 Å². The zero-order valence-corrected chi connectivity index (χ0v) is 8.58. The van der Waals surface area contributed by atoms with Crippen molar-refractivity contribution in [3.8, 4) is 11.5 Å². The fraction of sp³-hybridized carbons (Fsp3) is 0.125. The molecule has 0 aromatic heterocycles. The minimum Gasteiger partial charge on any atom is -0.410 e. The highest BCUT2D eigenvalue weighted by Crippen LogP contribution is 2.31. The van der Waals surface area contributed by atoms with Crippen LogP contribution >= 0.6 is 0 Å². The molecule has 1 aromatic carbocycles. The molecule has 0 radical (unpaired) electrons. The smallest absolute Gasteiger partial charge is 0.410 e. The summed E-state index contributed by atoms with van der Waals surface area (Å²) in [6, 6.07) is 4.10. The summed E-state index contributed by atoms with van der Waals surface area (Å²) >= 11 is 0. The predicted molar refractivity (Wildman–Crippen MR) is 50.0 cm³/mol. The van der Waals surface area contributed by atoms with Crippen molar-refractivity contribution >= 4 is 16.6 Å². The van der Waals surface area contributed by atoms with Gasteiger partial charge in [0.25, 0.3) is 0 Å². The first-order valence-corrected chi connectivity index (χ1v) is 5.48. The van der Waals surface area contributed by atoms with Gasteiger partial charge in [0.15, 0.2) is 5.75 Å². The lowest BCUT2D eigenvalue weighted by molar-refractivity contribution is 0.194. The molecule has 1 aliphatic rings. The molecule has 86 valence electrons. The standard InChI is InChI=1S/C8H6FNO5S/c9-16(12,13)15-7-3-1-2-6-5(7)4-10-8(11)14-6/h1-3H,4H2,(H,10,11). The second kappa shape index (κ2) is 3.63. The summed E-state index contributed by atoms with van der Waals surface area (Å²) in [7, 11) is -5.09. The molecule has 0 bridgehead atoms. The first-order chi connectivity index (χ1) is 7.46. The highest BCUT2D eigenvalue weighted by atomic mass is 32.3. The van der Waals surface area contributed by atoms with Gasteiger partial charge in [0, 0.05) is 0 Å². The highest BCUT2D eigenvalue weighted by molar-refractivity contribution is 7.81. The Labute approximate surface area is 90.4 Å². The third kappa shape index (κ3) is 2.22. The fourth-order valence-corrected chi connectivity index (χ4v) is 1.67. The summed E-state index contributed by atoms with van der Waals surface area (Å²) in [6.07, 6.45) is -0.659. The second-order valence-electron chi connectivity index (χ2n) is 2.95. The maximum atomic E-state index is 12.3. The molecule has 0 saturated heterocycles. The van der Waals surface area contributed by atoms with Crippen molar-refractivity contribution in [2.45, 2.75) is 6.54 Å². The molecule has 16 heavy (non-hydrogen) atoms. The van der Waals surface area contributed by atoms with E-state index >= 15 is 0 Å². The van der Waals surface area contributed by atoms with E-state index in [0.717, 1.165) is 0 Å². The molecular weight excluding hydrogens is 241 g/mol. The minimum atomic E-state index is -5.09. The van der Waals surface area contributed by atoms with Gasteiger partial charge in [0.05, 0.1) is 12.1 Å². The summed E-state index contributed by atoms with van der Waals surface area (Å²) in [6.45, 7) is 0.0137. The van der Waals surface area contributed by atoms with E-state index in [1.54, 1.807) is 0 Å². The third-order valence-electron chi connectivity index (χ3n) is 1.89. The molecule has 8 heteroatoms. The first-order valence-electron chi connectivity index (χ1n) is 4.17. The van der Waals surface area contributed by atoms with Crippen molar-refractivity contribution in [3.63, 3.8) is 0 Å². The highest BCUT2D eigenvalue weighted by Gasteiger charge is 2.22. The van der Waals surface area contributed by atoms with Gasteiger partial charge >= 0.3 is 16.6 Å². The molecule has 1 aliphatic heterocycles. The van der Waals surface area contributed by atoms with Crippen LogP contribution in [0.25, 0.3) is 0 Å². The van der Waals surface area contributed by atoms with E-state index in [0.29, 0.717) is 0 Å². The zero-order chi connectivity index (χ0) is 11.8. The molecular formula is C8H6FNO5S. The molecule has 0 saturated carbocycles. The monoisotopic (exact) mass is 247 g/mol. The van der Waals surface area contributed by atoms with Crippen molar-refractivity contribution in [2.75, 3.05) is 0 Å². The Morgan fingerprint density at radius 2 is 2.19 bits per heavy atom. The largest absolute Gasteiger partial charge is 0.488 e. The topological polar surface area (TPSA) is 81.7 Å². The number of nitrogens with one attached hydrogen (secondary N) is 1. The van der Waals surface area contributed by atoms with Gasteiger partial charge in [-0.15, -0.1) is 0 Å². The Morgan fingerprint density at radius 1 is 1.44 bits per heavy atom. The van der Waals surface area contributed by atoms with Crippen molar-refractivity contribution in [1.82, 2.24) is 5.32 Å². The summed E-state index contributed by atoms with van der Waals surface area (Å²) in [5.74, 6) is -0.0649. The van der Waals surface area contributed by atoms with E-state index in [1.807, 2.05) is 0 Å². The van der Waals surface area contributed by atoms with Crippen LogP contribution in [0.4, 0.5) is 8.68 Å². The fourth-order valence-electron chi connectivity index (χ4n) is 1.30. The minimum absolute atomic E-state index is 0.0137. The number of halogens is 1. The number of ether oxygens (including phenoxy) is 1. The van der Waals surface area contributed by atoms with Crippen LogP contribution in [0.5, 0.6) is 11.5 Å². The normalized spacial score (nSPS) is 14.7. The summed E-state index contributed by atoms with van der Waals surface area (Å²) < 4.78 is 41.9. The zero-order valence-electron chi connectivity index (χ0n) is 7.77. The molecule has 0 aliphatic carbocycles. The SMILES string of the molecule is O=C1NCc2c(cccc2OS(=O)(=O)F)O1. The van der Waals surface area contributed by atoms with Crippen LogP contribution in [-0.2, 0) is 17.0 Å². The number of amides is 1. The van der Waals surface area contributed by atoms with E-state index in [4.69, 9.17) is 4.74 Å². The lowest BCUT2D eigenvalue weighted by Gasteiger charge is -2.18. The number of hydrogen-bond acceptors (Lipinski definition) is 5. The van der Waals surface area contributed by atoms with Crippen LogP contribution in [0.1, 0.15) is 5.56 Å². The van der Waals surface area contributed by atoms with Crippen LogP contribution in [0.15, 0.2) is 18.2 Å². The van der Waals surface area contributed by atoms with Gasteiger partial charge in [-0.3, -0.25) is 0 Å². The molecule has 2 rings (SSSR count). The molecule has 0 spiro atoms. The quantitative estimate of drug-likeness (QED) is 0.784. The van der Waals surface area contributed by atoms with Gasteiger partial charge in [0.2, 0.25) is 0 Å². The van der Waals surface area contributed by atoms with Crippen LogP contribution < -0.4 is 14.2 Å². The Kier molecular flexibility index (Phi) is 2.43. The maximum Gasteiger partial charge on any atom is 0.488 e. The summed E-state index contributed by atoms with van der Waals surface area (Å²) in [5.41, 5.74) is 0.267. The number of carbonyl (C=O) groups is 1. The van der Waals surface area contributed by atoms with E-state index in [9.17, 15) is 17.1 Å². The average Bonchev–Trinajstić information content (AvgIpc) is 2.15. The lowest BCUT2D eigenvalue weighted by Crippen LogP contribution is -2.31. The molecule has 1 heterocycles. The first kappa shape index (κ1) is 10.7. The van der Waals surface area contributed by atoms with Gasteiger partial charge in [-0.25, -0.2) is 4.79 Å². The summed E-state index contributed by atoms with van der Waals surface area (Å²) in [5, 5.41) is 2.31. The van der Waals surface area contributed by atoms with Crippen LogP contribution in [0.2, 0.25) is 0 Å². The Bertz CT molecular complexity index is 541. The Morgan fingerprint density at radius 3 is 2.88 bits per heavy atom. The van der Waals surface area contributed by atoms with E-state index in [2.05, 4.69) is 9.50 Å². The van der Waals surface area contributed by atoms with E-state index < -0.39 is 16.6 Å². The molecule has 1 N–H and O–H groups in total. The number of benzene rings is 1. The van der Waals surface area contributed by atoms with Crippen LogP contribution in [0.3, 0.4) is 0 Å². The van der Waals surface area contributed by atoms with Gasteiger partial charge < -0.3 is 14.2 Å². The number of rotatable bonds is 2. The third-order valence-corrected chi connectivity index (χ3v) is 2.27. The van der Waals surface area contributed by atoms with Crippen molar-refractivity contribution in [2.24, 2.45) is 0 Å². The van der Waals surface area contributed by atoms with Crippen LogP contribution in [-0.4, -0.2) is 14.5 Å². The summed E-state index contributed by atoms with van der Waals surface area (Å²) in [4.78, 5) is 10.9. The average molecular weight is 247 g/mol. The molecule has 0 fully saturated rings. The van der Waals surface area contributed by atoms with E-state index in [-0.39, 0.29) is 23.6 Å². The molecule has 0 unspecified atom stereocenters. The van der Waals surface area contributed by atoms with E-state index in [1.165, 1.54) is 18.2 Å². The number of fused-ring (bicyclic) bond motifs is 1.